The molecule has 0 aliphatic carbocycles. The number of rotatable bonds is 6. The van der Waals surface area contributed by atoms with E-state index in [1.54, 1.807) is 0 Å². The molecular formula is C11H21N3S. The first-order valence-corrected chi connectivity index (χ1v) is 6.47. The smallest absolute Gasteiger partial charge is 0.0939 e. The summed E-state index contributed by atoms with van der Waals surface area (Å²) in [7, 11) is 2.00. The zero-order valence-corrected chi connectivity index (χ0v) is 10.7. The highest BCUT2D eigenvalue weighted by atomic mass is 32.2. The Hall–Kier alpha value is -0.480. The van der Waals surface area contributed by atoms with Crippen molar-refractivity contribution in [2.45, 2.75) is 44.2 Å². The van der Waals surface area contributed by atoms with Crippen molar-refractivity contribution in [2.24, 2.45) is 12.8 Å². The molecule has 1 atom stereocenters. The normalized spacial score (nSPS) is 13.1. The van der Waals surface area contributed by atoms with Crippen LogP contribution in [0.1, 0.15) is 31.9 Å². The monoisotopic (exact) mass is 227 g/mol. The van der Waals surface area contributed by atoms with Crippen LogP contribution in [-0.2, 0) is 7.05 Å². The summed E-state index contributed by atoms with van der Waals surface area (Å²) < 4.78 is 1.95. The van der Waals surface area contributed by atoms with Crippen molar-refractivity contribution >= 4 is 11.8 Å². The largest absolute Gasteiger partial charge is 0.328 e. The second kappa shape index (κ2) is 6.18. The number of nitrogens with two attached hydrogens (primary N) is 1. The van der Waals surface area contributed by atoms with Gasteiger partial charge in [-0.15, -0.1) is 11.8 Å². The zero-order chi connectivity index (χ0) is 11.3. The fraction of sp³-hybridized carbons (Fsp3) is 0.727. The van der Waals surface area contributed by atoms with E-state index in [9.17, 15) is 0 Å². The number of unbranched alkanes of at least 4 members (excludes halogenated alkanes) is 1. The van der Waals surface area contributed by atoms with Gasteiger partial charge in [0.1, 0.15) is 0 Å². The third-order valence-electron chi connectivity index (χ3n) is 2.26. The van der Waals surface area contributed by atoms with Crippen molar-refractivity contribution in [1.29, 1.82) is 0 Å². The highest BCUT2D eigenvalue weighted by molar-refractivity contribution is 7.99. The Morgan fingerprint density at radius 3 is 2.80 bits per heavy atom. The number of thioether (sulfide) groups is 1. The summed E-state index contributed by atoms with van der Waals surface area (Å²) in [5, 5.41) is 5.57. The van der Waals surface area contributed by atoms with Crippen LogP contribution in [-0.4, -0.2) is 21.6 Å². The maximum atomic E-state index is 5.69. The minimum atomic E-state index is 0.342. The van der Waals surface area contributed by atoms with Crippen LogP contribution in [0.2, 0.25) is 0 Å². The maximum absolute atomic E-state index is 5.69. The van der Waals surface area contributed by atoms with Crippen LogP contribution >= 0.6 is 11.8 Å². The van der Waals surface area contributed by atoms with Crippen LogP contribution in [0.5, 0.6) is 0 Å². The molecule has 15 heavy (non-hydrogen) atoms. The first kappa shape index (κ1) is 12.6. The summed E-state index contributed by atoms with van der Waals surface area (Å²) in [6.45, 7) is 4.10. The number of aromatic nitrogens is 2. The Morgan fingerprint density at radius 1 is 1.53 bits per heavy atom. The van der Waals surface area contributed by atoms with E-state index in [4.69, 9.17) is 5.73 Å². The molecule has 0 radical (unpaired) electrons. The summed E-state index contributed by atoms with van der Waals surface area (Å²) in [5.74, 6) is 1.16. The molecule has 0 saturated carbocycles. The van der Waals surface area contributed by atoms with Gasteiger partial charge in [-0.25, -0.2) is 0 Å². The minimum Gasteiger partial charge on any atom is -0.328 e. The van der Waals surface area contributed by atoms with Gasteiger partial charge in [0.15, 0.2) is 0 Å². The van der Waals surface area contributed by atoms with Gasteiger partial charge in [-0.05, 0) is 38.5 Å². The van der Waals surface area contributed by atoms with Crippen LogP contribution in [0.3, 0.4) is 0 Å². The van der Waals surface area contributed by atoms with E-state index in [0.717, 1.165) is 17.9 Å². The highest BCUT2D eigenvalue weighted by Gasteiger charge is 2.02. The molecule has 0 amide bonds. The SMILES string of the molecule is Cc1cc(SCCCCC(C)N)n(C)n1. The number of aryl methyl sites for hydroxylation is 2. The van der Waals surface area contributed by atoms with Crippen LogP contribution in [0, 0.1) is 6.92 Å². The van der Waals surface area contributed by atoms with Crippen LogP contribution in [0.15, 0.2) is 11.1 Å². The maximum Gasteiger partial charge on any atom is 0.0939 e. The second-order valence-corrected chi connectivity index (χ2v) is 5.18. The lowest BCUT2D eigenvalue weighted by atomic mass is 10.2. The topological polar surface area (TPSA) is 43.8 Å². The lowest BCUT2D eigenvalue weighted by Gasteiger charge is -2.04. The van der Waals surface area contributed by atoms with E-state index in [1.165, 1.54) is 17.9 Å². The van der Waals surface area contributed by atoms with E-state index in [-0.39, 0.29) is 0 Å². The molecule has 4 heteroatoms. The molecule has 2 N–H and O–H groups in total. The van der Waals surface area contributed by atoms with E-state index < -0.39 is 0 Å². The molecule has 0 aliphatic rings. The first-order valence-electron chi connectivity index (χ1n) is 5.48. The molecule has 1 aromatic heterocycles. The number of nitrogens with zero attached hydrogens (tertiary/aromatic N) is 2. The van der Waals surface area contributed by atoms with Crippen molar-refractivity contribution < 1.29 is 0 Å². The van der Waals surface area contributed by atoms with E-state index in [1.807, 2.05) is 30.4 Å². The van der Waals surface area contributed by atoms with Crippen molar-refractivity contribution in [3.63, 3.8) is 0 Å². The van der Waals surface area contributed by atoms with Gasteiger partial charge in [-0.2, -0.15) is 5.10 Å². The highest BCUT2D eigenvalue weighted by Crippen LogP contribution is 2.19. The molecule has 0 bridgehead atoms. The quantitative estimate of drug-likeness (QED) is 0.599. The summed E-state index contributed by atoms with van der Waals surface area (Å²) in [6, 6.07) is 2.48. The van der Waals surface area contributed by atoms with Crippen LogP contribution in [0.4, 0.5) is 0 Å². The molecule has 1 unspecified atom stereocenters. The fourth-order valence-electron chi connectivity index (χ4n) is 1.47. The van der Waals surface area contributed by atoms with Crippen molar-refractivity contribution in [1.82, 2.24) is 9.78 Å². The van der Waals surface area contributed by atoms with E-state index in [0.29, 0.717) is 6.04 Å². The van der Waals surface area contributed by atoms with Gasteiger partial charge in [-0.3, -0.25) is 4.68 Å². The Bertz CT molecular complexity index is 294. The van der Waals surface area contributed by atoms with Gasteiger partial charge in [-0.1, -0.05) is 6.42 Å². The van der Waals surface area contributed by atoms with Gasteiger partial charge in [0, 0.05) is 13.1 Å². The Morgan fingerprint density at radius 2 is 2.27 bits per heavy atom. The lowest BCUT2D eigenvalue weighted by Crippen LogP contribution is -2.14. The van der Waals surface area contributed by atoms with Crippen molar-refractivity contribution in [3.8, 4) is 0 Å². The van der Waals surface area contributed by atoms with Gasteiger partial charge < -0.3 is 5.73 Å². The summed E-state index contributed by atoms with van der Waals surface area (Å²) in [6.07, 6.45) is 3.59. The first-order chi connectivity index (χ1) is 7.09. The van der Waals surface area contributed by atoms with Crippen molar-refractivity contribution in [3.05, 3.63) is 11.8 Å². The molecule has 3 nitrogen and oxygen atoms in total. The average molecular weight is 227 g/mol. The third-order valence-corrected chi connectivity index (χ3v) is 3.43. The Labute approximate surface area is 96.4 Å². The lowest BCUT2D eigenvalue weighted by molar-refractivity contribution is 0.617. The third kappa shape index (κ3) is 4.71. The van der Waals surface area contributed by atoms with Crippen molar-refractivity contribution in [2.75, 3.05) is 5.75 Å². The molecular weight excluding hydrogens is 206 g/mol. The Balaban J connectivity index is 2.17. The van der Waals surface area contributed by atoms with Gasteiger partial charge in [0.05, 0.1) is 10.7 Å². The van der Waals surface area contributed by atoms with Gasteiger partial charge in [0.2, 0.25) is 0 Å². The van der Waals surface area contributed by atoms with Gasteiger partial charge in [0.25, 0.3) is 0 Å². The number of hydrogen-bond acceptors (Lipinski definition) is 3. The summed E-state index contributed by atoms with van der Waals surface area (Å²) in [5.41, 5.74) is 6.79. The van der Waals surface area contributed by atoms with Gasteiger partial charge >= 0.3 is 0 Å². The molecule has 0 aromatic carbocycles. The minimum absolute atomic E-state index is 0.342. The molecule has 86 valence electrons. The van der Waals surface area contributed by atoms with E-state index in [2.05, 4.69) is 18.1 Å². The Kier molecular flexibility index (Phi) is 5.19. The molecule has 0 aliphatic heterocycles. The standard InChI is InChI=1S/C11H21N3S/c1-9(12)6-4-5-7-15-11-8-10(2)13-14(11)3/h8-9H,4-7,12H2,1-3H3. The number of hydrogen-bond donors (Lipinski definition) is 1. The second-order valence-electron chi connectivity index (χ2n) is 4.07. The molecule has 0 fully saturated rings. The predicted molar refractivity (Wildman–Crippen MR) is 66.2 cm³/mol. The fourth-order valence-corrected chi connectivity index (χ4v) is 2.51. The van der Waals surface area contributed by atoms with E-state index >= 15 is 0 Å². The molecule has 1 rings (SSSR count). The van der Waals surface area contributed by atoms with Crippen LogP contribution < -0.4 is 5.73 Å². The zero-order valence-electron chi connectivity index (χ0n) is 9.86. The summed E-state index contributed by atoms with van der Waals surface area (Å²) >= 11 is 1.88. The molecule has 1 aromatic rings. The summed E-state index contributed by atoms with van der Waals surface area (Å²) in [4.78, 5) is 0. The molecule has 0 saturated heterocycles. The average Bonchev–Trinajstić information content (AvgIpc) is 2.44. The molecule has 1 heterocycles. The molecule has 0 spiro atoms. The predicted octanol–water partition coefficient (Wildman–Crippen LogP) is 2.34. The van der Waals surface area contributed by atoms with Crippen LogP contribution in [0.25, 0.3) is 0 Å².